The van der Waals surface area contributed by atoms with Gasteiger partial charge < -0.3 is 0 Å². The average molecular weight is 282 g/mol. The van der Waals surface area contributed by atoms with Crippen LogP contribution in [-0.4, -0.2) is 45.9 Å². The molecule has 0 aromatic carbocycles. The molecule has 0 aliphatic carbocycles. The first-order valence-electron chi connectivity index (χ1n) is 7.60. The van der Waals surface area contributed by atoms with Crippen LogP contribution >= 0.6 is 0 Å². The zero-order valence-corrected chi connectivity index (χ0v) is 12.5. The van der Waals surface area contributed by atoms with Gasteiger partial charge in [0.15, 0.2) is 0 Å². The summed E-state index contributed by atoms with van der Waals surface area (Å²) in [5, 5.41) is 0. The predicted molar refractivity (Wildman–Crippen MR) is 83.7 cm³/mol. The maximum absolute atomic E-state index is 4.48. The van der Waals surface area contributed by atoms with Crippen LogP contribution in [0.4, 0.5) is 0 Å². The van der Waals surface area contributed by atoms with Crippen LogP contribution in [0.5, 0.6) is 0 Å². The number of aromatic nitrogens is 2. The van der Waals surface area contributed by atoms with Gasteiger partial charge in [0.1, 0.15) is 0 Å². The molecule has 0 spiro atoms. The highest BCUT2D eigenvalue weighted by Gasteiger charge is 2.22. The van der Waals surface area contributed by atoms with Gasteiger partial charge in [0.05, 0.1) is 11.4 Å². The lowest BCUT2D eigenvalue weighted by Crippen LogP contribution is -2.46. The van der Waals surface area contributed by atoms with Crippen LogP contribution < -0.4 is 0 Å². The van der Waals surface area contributed by atoms with E-state index in [9.17, 15) is 0 Å². The summed E-state index contributed by atoms with van der Waals surface area (Å²) >= 11 is 0. The lowest BCUT2D eigenvalue weighted by Gasteiger charge is -2.37. The van der Waals surface area contributed by atoms with Crippen molar-refractivity contribution >= 4 is 0 Å². The Morgan fingerprint density at radius 1 is 0.952 bits per heavy atom. The SMILES string of the molecule is CC(c1ccccn1)N1CCN(Cc2ccccn2)CC1. The minimum absolute atomic E-state index is 0.392. The monoisotopic (exact) mass is 282 g/mol. The van der Waals surface area contributed by atoms with E-state index in [0.29, 0.717) is 6.04 Å². The molecule has 1 saturated heterocycles. The molecule has 4 heteroatoms. The minimum atomic E-state index is 0.392. The molecule has 1 unspecified atom stereocenters. The highest BCUT2D eigenvalue weighted by molar-refractivity contribution is 5.08. The molecule has 1 atom stereocenters. The van der Waals surface area contributed by atoms with Crippen molar-refractivity contribution in [2.45, 2.75) is 19.5 Å². The zero-order valence-electron chi connectivity index (χ0n) is 12.5. The Bertz CT molecular complexity index is 535. The molecule has 0 amide bonds. The van der Waals surface area contributed by atoms with Crippen LogP contribution in [0.2, 0.25) is 0 Å². The van der Waals surface area contributed by atoms with E-state index >= 15 is 0 Å². The fourth-order valence-corrected chi connectivity index (χ4v) is 2.84. The minimum Gasteiger partial charge on any atom is -0.295 e. The fourth-order valence-electron chi connectivity index (χ4n) is 2.84. The van der Waals surface area contributed by atoms with Crippen molar-refractivity contribution in [2.75, 3.05) is 26.2 Å². The molecule has 0 saturated carbocycles. The molecular weight excluding hydrogens is 260 g/mol. The van der Waals surface area contributed by atoms with Crippen LogP contribution in [0.3, 0.4) is 0 Å². The van der Waals surface area contributed by atoms with Gasteiger partial charge in [-0.1, -0.05) is 12.1 Å². The first-order valence-corrected chi connectivity index (χ1v) is 7.60. The molecule has 0 bridgehead atoms. The van der Waals surface area contributed by atoms with E-state index < -0.39 is 0 Å². The van der Waals surface area contributed by atoms with Gasteiger partial charge >= 0.3 is 0 Å². The van der Waals surface area contributed by atoms with Crippen LogP contribution in [0, 0.1) is 0 Å². The van der Waals surface area contributed by atoms with Gasteiger partial charge in [0, 0.05) is 51.2 Å². The molecule has 2 aromatic heterocycles. The Labute approximate surface area is 126 Å². The third-order valence-electron chi connectivity index (χ3n) is 4.18. The number of pyridine rings is 2. The molecule has 21 heavy (non-hydrogen) atoms. The zero-order chi connectivity index (χ0) is 14.5. The van der Waals surface area contributed by atoms with Gasteiger partial charge in [0.2, 0.25) is 0 Å². The third kappa shape index (κ3) is 3.65. The summed E-state index contributed by atoms with van der Waals surface area (Å²) in [5.74, 6) is 0. The standard InChI is InChI=1S/C17H22N4/c1-15(17-7-3-5-9-19-17)21-12-10-20(11-13-21)14-16-6-2-4-8-18-16/h2-9,15H,10-14H2,1H3. The van der Waals surface area contributed by atoms with Gasteiger partial charge in [-0.25, -0.2) is 0 Å². The molecule has 0 radical (unpaired) electrons. The molecule has 0 N–H and O–H groups in total. The van der Waals surface area contributed by atoms with Crippen LogP contribution in [0.1, 0.15) is 24.4 Å². The second-order valence-electron chi connectivity index (χ2n) is 5.56. The van der Waals surface area contributed by atoms with Crippen LogP contribution in [0.15, 0.2) is 48.8 Å². The summed E-state index contributed by atoms with van der Waals surface area (Å²) in [6.45, 7) is 7.56. The molecule has 1 aliphatic rings. The maximum Gasteiger partial charge on any atom is 0.0572 e. The van der Waals surface area contributed by atoms with Crippen LogP contribution in [-0.2, 0) is 6.54 Å². The Morgan fingerprint density at radius 2 is 1.67 bits per heavy atom. The van der Waals surface area contributed by atoms with E-state index in [1.807, 2.05) is 24.5 Å². The van der Waals surface area contributed by atoms with E-state index in [1.54, 1.807) is 0 Å². The first-order chi connectivity index (χ1) is 10.3. The Balaban J connectivity index is 1.53. The molecule has 1 fully saturated rings. The van der Waals surface area contributed by atoms with Gasteiger partial charge in [-0.05, 0) is 31.2 Å². The number of hydrogen-bond donors (Lipinski definition) is 0. The van der Waals surface area contributed by atoms with Crippen molar-refractivity contribution in [3.8, 4) is 0 Å². The molecule has 3 rings (SSSR count). The number of hydrogen-bond acceptors (Lipinski definition) is 4. The summed E-state index contributed by atoms with van der Waals surface area (Å²) in [7, 11) is 0. The number of nitrogens with zero attached hydrogens (tertiary/aromatic N) is 4. The molecule has 2 aromatic rings. The van der Waals surface area contributed by atoms with E-state index in [-0.39, 0.29) is 0 Å². The van der Waals surface area contributed by atoms with Crippen molar-refractivity contribution in [3.05, 3.63) is 60.2 Å². The average Bonchev–Trinajstić information content (AvgIpc) is 2.57. The van der Waals surface area contributed by atoms with E-state index in [0.717, 1.165) is 44.1 Å². The Hall–Kier alpha value is -1.78. The fraction of sp³-hybridized carbons (Fsp3) is 0.412. The van der Waals surface area contributed by atoms with Crippen molar-refractivity contribution in [3.63, 3.8) is 0 Å². The van der Waals surface area contributed by atoms with Crippen LogP contribution in [0.25, 0.3) is 0 Å². The molecule has 110 valence electrons. The van der Waals surface area contributed by atoms with Gasteiger partial charge in [-0.2, -0.15) is 0 Å². The van der Waals surface area contributed by atoms with Crippen molar-refractivity contribution in [1.82, 2.24) is 19.8 Å². The quantitative estimate of drug-likeness (QED) is 0.861. The van der Waals surface area contributed by atoms with Crippen molar-refractivity contribution < 1.29 is 0 Å². The van der Waals surface area contributed by atoms with Crippen molar-refractivity contribution in [2.24, 2.45) is 0 Å². The van der Waals surface area contributed by atoms with Gasteiger partial charge in [0.25, 0.3) is 0 Å². The Morgan fingerprint density at radius 3 is 2.29 bits per heavy atom. The van der Waals surface area contributed by atoms with E-state index in [1.165, 1.54) is 0 Å². The highest BCUT2D eigenvalue weighted by Crippen LogP contribution is 2.19. The second-order valence-corrected chi connectivity index (χ2v) is 5.56. The molecular formula is C17H22N4. The summed E-state index contributed by atoms with van der Waals surface area (Å²) < 4.78 is 0. The second kappa shape index (κ2) is 6.78. The maximum atomic E-state index is 4.48. The number of rotatable bonds is 4. The highest BCUT2D eigenvalue weighted by atomic mass is 15.3. The smallest absolute Gasteiger partial charge is 0.0572 e. The largest absolute Gasteiger partial charge is 0.295 e. The third-order valence-corrected chi connectivity index (χ3v) is 4.18. The van der Waals surface area contributed by atoms with Gasteiger partial charge in [-0.15, -0.1) is 0 Å². The Kier molecular flexibility index (Phi) is 4.58. The lowest BCUT2D eigenvalue weighted by atomic mass is 10.1. The summed E-state index contributed by atoms with van der Waals surface area (Å²) in [6.07, 6.45) is 3.75. The molecule has 1 aliphatic heterocycles. The molecule has 4 nitrogen and oxygen atoms in total. The van der Waals surface area contributed by atoms with Gasteiger partial charge in [-0.3, -0.25) is 19.8 Å². The topological polar surface area (TPSA) is 32.3 Å². The number of piperazine rings is 1. The normalized spacial score (nSPS) is 18.5. The molecule has 3 heterocycles. The van der Waals surface area contributed by atoms with Crippen molar-refractivity contribution in [1.29, 1.82) is 0 Å². The summed E-state index contributed by atoms with van der Waals surface area (Å²) in [5.41, 5.74) is 2.32. The summed E-state index contributed by atoms with van der Waals surface area (Å²) in [4.78, 5) is 13.9. The lowest BCUT2D eigenvalue weighted by molar-refractivity contribution is 0.0956. The predicted octanol–water partition coefficient (Wildman–Crippen LogP) is 2.36. The van der Waals surface area contributed by atoms with E-state index in [4.69, 9.17) is 0 Å². The first kappa shape index (κ1) is 14.2. The summed E-state index contributed by atoms with van der Waals surface area (Å²) in [6, 6.07) is 12.7. The van der Waals surface area contributed by atoms with E-state index in [2.05, 4.69) is 51.0 Å².